The molecule has 28 heavy (non-hydrogen) atoms. The van der Waals surface area contributed by atoms with Crippen LogP contribution in [0.3, 0.4) is 0 Å². The number of carbonyl (C=O) groups is 2. The van der Waals surface area contributed by atoms with Gasteiger partial charge < -0.3 is 10.4 Å². The summed E-state index contributed by atoms with van der Waals surface area (Å²) < 4.78 is 0. The van der Waals surface area contributed by atoms with Gasteiger partial charge in [0.05, 0.1) is 0 Å². The molecule has 0 aliphatic heterocycles. The van der Waals surface area contributed by atoms with Gasteiger partial charge in [0.2, 0.25) is 0 Å². The van der Waals surface area contributed by atoms with Crippen LogP contribution in [-0.2, 0) is 24.1 Å². The number of carboxylic acid groups (broad SMARTS) is 1. The van der Waals surface area contributed by atoms with E-state index in [0.29, 0.717) is 18.4 Å². The molecule has 3 rings (SSSR count). The Bertz CT molecular complexity index is 847. The fourth-order valence-corrected chi connectivity index (χ4v) is 4.17. The standard InChI is InChI=1S/C24H29NO3/c1-3-4-5-6-13-20-17(2)10-9-14-21(20)22(26)25-24(23(27)28)15-18-11-7-8-12-19(18)16-24/h7-12,14H,3-6,13,15-16H2,1-2H3,(H,25,26)(H,27,28). The van der Waals surface area contributed by atoms with E-state index < -0.39 is 11.5 Å². The average molecular weight is 380 g/mol. The van der Waals surface area contributed by atoms with Crippen molar-refractivity contribution < 1.29 is 14.7 Å². The van der Waals surface area contributed by atoms with Gasteiger partial charge in [-0.3, -0.25) is 4.79 Å². The summed E-state index contributed by atoms with van der Waals surface area (Å²) in [5.74, 6) is -1.27. The molecular formula is C24H29NO3. The zero-order valence-corrected chi connectivity index (χ0v) is 16.8. The Labute approximate surface area is 167 Å². The second kappa shape index (κ2) is 8.59. The predicted molar refractivity (Wildman–Crippen MR) is 111 cm³/mol. The van der Waals surface area contributed by atoms with Gasteiger partial charge in [0.25, 0.3) is 5.91 Å². The summed E-state index contributed by atoms with van der Waals surface area (Å²) in [7, 11) is 0. The Morgan fingerprint density at radius 2 is 1.68 bits per heavy atom. The van der Waals surface area contributed by atoms with Crippen molar-refractivity contribution in [1.82, 2.24) is 5.32 Å². The van der Waals surface area contributed by atoms with Crippen LogP contribution >= 0.6 is 0 Å². The number of hydrogen-bond acceptors (Lipinski definition) is 2. The smallest absolute Gasteiger partial charge is 0.330 e. The van der Waals surface area contributed by atoms with Crippen LogP contribution in [-0.4, -0.2) is 22.5 Å². The van der Waals surface area contributed by atoms with Crippen molar-refractivity contribution in [2.45, 2.75) is 64.3 Å². The van der Waals surface area contributed by atoms with E-state index in [1.54, 1.807) is 0 Å². The first-order valence-electron chi connectivity index (χ1n) is 10.2. The maximum Gasteiger partial charge on any atom is 0.330 e. The van der Waals surface area contributed by atoms with Gasteiger partial charge >= 0.3 is 5.97 Å². The molecule has 0 heterocycles. The normalized spacial score (nSPS) is 14.5. The molecule has 0 atom stereocenters. The van der Waals surface area contributed by atoms with Gasteiger partial charge in [-0.15, -0.1) is 0 Å². The lowest BCUT2D eigenvalue weighted by atomic mass is 9.92. The molecule has 0 fully saturated rings. The quantitative estimate of drug-likeness (QED) is 0.665. The monoisotopic (exact) mass is 379 g/mol. The van der Waals surface area contributed by atoms with E-state index in [4.69, 9.17) is 0 Å². The first-order chi connectivity index (χ1) is 13.5. The van der Waals surface area contributed by atoms with E-state index in [9.17, 15) is 14.7 Å². The van der Waals surface area contributed by atoms with Crippen molar-refractivity contribution in [2.24, 2.45) is 0 Å². The molecule has 0 spiro atoms. The minimum Gasteiger partial charge on any atom is -0.479 e. The second-order valence-corrected chi connectivity index (χ2v) is 7.88. The Morgan fingerprint density at radius 3 is 2.29 bits per heavy atom. The van der Waals surface area contributed by atoms with E-state index in [1.807, 2.05) is 49.4 Å². The molecule has 2 aromatic carbocycles. The Morgan fingerprint density at radius 1 is 1.00 bits per heavy atom. The van der Waals surface area contributed by atoms with Crippen LogP contribution in [0.1, 0.15) is 65.2 Å². The van der Waals surface area contributed by atoms with Crippen molar-refractivity contribution in [3.05, 3.63) is 70.3 Å². The number of amides is 1. The van der Waals surface area contributed by atoms with E-state index >= 15 is 0 Å². The third kappa shape index (κ3) is 4.11. The van der Waals surface area contributed by atoms with Crippen LogP contribution in [0.4, 0.5) is 0 Å². The number of nitrogens with one attached hydrogen (secondary N) is 1. The van der Waals surface area contributed by atoms with Crippen LogP contribution in [0.2, 0.25) is 0 Å². The number of aliphatic carboxylic acids is 1. The van der Waals surface area contributed by atoms with Gasteiger partial charge in [0.1, 0.15) is 5.54 Å². The lowest BCUT2D eigenvalue weighted by molar-refractivity contribution is -0.144. The molecule has 148 valence electrons. The number of fused-ring (bicyclic) bond motifs is 1. The largest absolute Gasteiger partial charge is 0.479 e. The van der Waals surface area contributed by atoms with E-state index in [0.717, 1.165) is 41.5 Å². The number of carbonyl (C=O) groups excluding carboxylic acids is 1. The van der Waals surface area contributed by atoms with Gasteiger partial charge in [0, 0.05) is 18.4 Å². The zero-order chi connectivity index (χ0) is 20.1. The molecule has 0 bridgehead atoms. The number of hydrogen-bond donors (Lipinski definition) is 2. The molecular weight excluding hydrogens is 350 g/mol. The SMILES string of the molecule is CCCCCCc1c(C)cccc1C(=O)NC1(C(=O)O)Cc2ccccc2C1. The van der Waals surface area contributed by atoms with Gasteiger partial charge in [-0.2, -0.15) is 0 Å². The fraction of sp³-hybridized carbons (Fsp3) is 0.417. The molecule has 0 saturated carbocycles. The number of unbranched alkanes of at least 4 members (excludes halogenated alkanes) is 3. The molecule has 4 heteroatoms. The van der Waals surface area contributed by atoms with Gasteiger partial charge in [-0.05, 0) is 48.1 Å². The molecule has 0 aromatic heterocycles. The Hall–Kier alpha value is -2.62. The highest BCUT2D eigenvalue weighted by Crippen LogP contribution is 2.31. The average Bonchev–Trinajstić information content (AvgIpc) is 3.05. The van der Waals surface area contributed by atoms with Gasteiger partial charge in [0.15, 0.2) is 0 Å². The maximum atomic E-state index is 13.1. The molecule has 4 nitrogen and oxygen atoms in total. The van der Waals surface area contributed by atoms with Gasteiger partial charge in [-0.25, -0.2) is 4.79 Å². The highest BCUT2D eigenvalue weighted by molar-refractivity contribution is 5.99. The van der Waals surface area contributed by atoms with Crippen molar-refractivity contribution in [2.75, 3.05) is 0 Å². The van der Waals surface area contributed by atoms with Crippen molar-refractivity contribution in [1.29, 1.82) is 0 Å². The minimum atomic E-state index is -1.27. The van der Waals surface area contributed by atoms with E-state index in [1.165, 1.54) is 12.8 Å². The summed E-state index contributed by atoms with van der Waals surface area (Å²) in [6.07, 6.45) is 6.02. The van der Waals surface area contributed by atoms with Crippen LogP contribution in [0.25, 0.3) is 0 Å². The van der Waals surface area contributed by atoms with Crippen molar-refractivity contribution in [3.8, 4) is 0 Å². The summed E-state index contributed by atoms with van der Waals surface area (Å²) in [4.78, 5) is 25.3. The van der Waals surface area contributed by atoms with E-state index in [2.05, 4.69) is 12.2 Å². The number of aryl methyl sites for hydroxylation is 1. The maximum absolute atomic E-state index is 13.1. The van der Waals surface area contributed by atoms with Crippen molar-refractivity contribution >= 4 is 11.9 Å². The first kappa shape index (κ1) is 20.1. The highest BCUT2D eigenvalue weighted by atomic mass is 16.4. The summed E-state index contributed by atoms with van der Waals surface area (Å²) in [6, 6.07) is 13.4. The molecule has 1 amide bonds. The molecule has 0 unspecified atom stereocenters. The van der Waals surface area contributed by atoms with E-state index in [-0.39, 0.29) is 5.91 Å². The highest BCUT2D eigenvalue weighted by Gasteiger charge is 2.45. The van der Waals surface area contributed by atoms with Crippen LogP contribution in [0.5, 0.6) is 0 Å². The first-order valence-corrected chi connectivity index (χ1v) is 10.2. The van der Waals surface area contributed by atoms with Crippen LogP contribution in [0.15, 0.2) is 42.5 Å². The molecule has 1 aliphatic rings. The van der Waals surface area contributed by atoms with Crippen molar-refractivity contribution in [3.63, 3.8) is 0 Å². The third-order valence-electron chi connectivity index (χ3n) is 5.80. The molecule has 1 aliphatic carbocycles. The Balaban J connectivity index is 1.82. The van der Waals surface area contributed by atoms with Gasteiger partial charge in [-0.1, -0.05) is 62.6 Å². The second-order valence-electron chi connectivity index (χ2n) is 7.88. The summed E-state index contributed by atoms with van der Waals surface area (Å²) in [5.41, 5.74) is 3.44. The molecule has 0 saturated heterocycles. The summed E-state index contributed by atoms with van der Waals surface area (Å²) >= 11 is 0. The van der Waals surface area contributed by atoms with Crippen LogP contribution < -0.4 is 5.32 Å². The molecule has 2 N–H and O–H groups in total. The minimum absolute atomic E-state index is 0.288. The number of rotatable bonds is 8. The fourth-order valence-electron chi connectivity index (χ4n) is 4.17. The number of carboxylic acids is 1. The topological polar surface area (TPSA) is 66.4 Å². The third-order valence-corrected chi connectivity index (χ3v) is 5.80. The number of benzene rings is 2. The summed E-state index contributed by atoms with van der Waals surface area (Å²) in [5, 5.41) is 12.8. The predicted octanol–water partition coefficient (Wildman–Crippen LogP) is 4.47. The lowest BCUT2D eigenvalue weighted by Crippen LogP contribution is -2.55. The molecule has 2 aromatic rings. The lowest BCUT2D eigenvalue weighted by Gasteiger charge is -2.26. The zero-order valence-electron chi connectivity index (χ0n) is 16.8. The van der Waals surface area contributed by atoms with Crippen LogP contribution in [0, 0.1) is 6.92 Å². The molecule has 0 radical (unpaired) electrons. The summed E-state index contributed by atoms with van der Waals surface area (Å²) in [6.45, 7) is 4.20. The Kier molecular flexibility index (Phi) is 6.18.